The van der Waals surface area contributed by atoms with E-state index in [0.717, 1.165) is 10.6 Å². The van der Waals surface area contributed by atoms with Crippen molar-refractivity contribution in [2.45, 2.75) is 0 Å². The summed E-state index contributed by atoms with van der Waals surface area (Å²) >= 11 is 0. The Kier molecular flexibility index (Phi) is 3.85. The maximum Gasteiger partial charge on any atom is 0.262 e. The molecule has 4 rings (SSSR count). The van der Waals surface area contributed by atoms with E-state index >= 15 is 0 Å². The van der Waals surface area contributed by atoms with Gasteiger partial charge in [-0.05, 0) is 42.5 Å². The molecule has 2 heterocycles. The zero-order valence-electron chi connectivity index (χ0n) is 13.8. The molecule has 3 amide bonds. The monoisotopic (exact) mass is 345 g/mol. The van der Waals surface area contributed by atoms with Gasteiger partial charge in [0.05, 0.1) is 11.1 Å². The first-order valence-corrected chi connectivity index (χ1v) is 8.12. The van der Waals surface area contributed by atoms with Crippen LogP contribution >= 0.6 is 0 Å². The van der Waals surface area contributed by atoms with Crippen LogP contribution in [0.5, 0.6) is 0 Å². The summed E-state index contributed by atoms with van der Waals surface area (Å²) in [5.74, 6) is -1.31. The van der Waals surface area contributed by atoms with Gasteiger partial charge in [0.2, 0.25) is 5.91 Å². The van der Waals surface area contributed by atoms with Crippen molar-refractivity contribution >= 4 is 23.4 Å². The van der Waals surface area contributed by atoms with Gasteiger partial charge in [-0.15, -0.1) is 0 Å². The summed E-state index contributed by atoms with van der Waals surface area (Å²) in [4.78, 5) is 38.0. The molecule has 0 radical (unpaired) electrons. The maximum atomic E-state index is 12.3. The number of benzene rings is 2. The van der Waals surface area contributed by atoms with Gasteiger partial charge in [-0.2, -0.15) is 0 Å². The Hall–Kier alpha value is -3.67. The summed E-state index contributed by atoms with van der Waals surface area (Å²) in [6.45, 7) is -0.319. The van der Waals surface area contributed by atoms with Crippen molar-refractivity contribution in [3.8, 4) is 5.69 Å². The number of nitrogens with one attached hydrogen (secondary N) is 1. The third-order valence-corrected chi connectivity index (χ3v) is 4.21. The van der Waals surface area contributed by atoms with Crippen molar-refractivity contribution in [3.63, 3.8) is 0 Å². The first-order valence-electron chi connectivity index (χ1n) is 8.12. The molecule has 1 aliphatic rings. The van der Waals surface area contributed by atoms with E-state index in [9.17, 15) is 14.4 Å². The molecule has 0 atom stereocenters. The Labute approximate surface area is 149 Å². The lowest BCUT2D eigenvalue weighted by molar-refractivity contribution is -0.116. The van der Waals surface area contributed by atoms with Crippen molar-refractivity contribution in [1.82, 2.24) is 9.47 Å². The van der Waals surface area contributed by atoms with Crippen LogP contribution in [0.4, 0.5) is 5.69 Å². The Morgan fingerprint density at radius 2 is 1.50 bits per heavy atom. The molecule has 0 unspecified atom stereocenters. The largest absolute Gasteiger partial charge is 0.324 e. The van der Waals surface area contributed by atoms with E-state index in [1.54, 1.807) is 30.3 Å². The number of rotatable bonds is 4. The minimum absolute atomic E-state index is 0.319. The highest BCUT2D eigenvalue weighted by molar-refractivity contribution is 6.22. The van der Waals surface area contributed by atoms with Gasteiger partial charge < -0.3 is 9.88 Å². The lowest BCUT2D eigenvalue weighted by Crippen LogP contribution is -2.37. The van der Waals surface area contributed by atoms with Crippen molar-refractivity contribution in [1.29, 1.82) is 0 Å². The number of nitrogens with zero attached hydrogens (tertiary/aromatic N) is 2. The van der Waals surface area contributed by atoms with Crippen LogP contribution in [-0.4, -0.2) is 33.7 Å². The number of anilines is 1. The molecule has 128 valence electrons. The molecule has 26 heavy (non-hydrogen) atoms. The SMILES string of the molecule is O=C(CN1C(=O)c2ccccc2C1=O)Nc1cccc(-n2cccc2)c1. The van der Waals surface area contributed by atoms with Crippen LogP contribution in [0.1, 0.15) is 20.7 Å². The van der Waals surface area contributed by atoms with E-state index in [1.165, 1.54) is 0 Å². The molecule has 0 aliphatic carbocycles. The van der Waals surface area contributed by atoms with Crippen LogP contribution in [0.3, 0.4) is 0 Å². The Bertz CT molecular complexity index is 974. The highest BCUT2D eigenvalue weighted by Gasteiger charge is 2.36. The summed E-state index contributed by atoms with van der Waals surface area (Å²) < 4.78 is 1.92. The van der Waals surface area contributed by atoms with Crippen molar-refractivity contribution in [3.05, 3.63) is 84.2 Å². The fourth-order valence-electron chi connectivity index (χ4n) is 2.98. The van der Waals surface area contributed by atoms with Gasteiger partial charge in [-0.1, -0.05) is 18.2 Å². The predicted molar refractivity (Wildman–Crippen MR) is 96.2 cm³/mol. The van der Waals surface area contributed by atoms with Gasteiger partial charge in [0, 0.05) is 23.8 Å². The smallest absolute Gasteiger partial charge is 0.262 e. The second-order valence-corrected chi connectivity index (χ2v) is 5.93. The number of imide groups is 1. The number of hydrogen-bond acceptors (Lipinski definition) is 3. The van der Waals surface area contributed by atoms with Gasteiger partial charge in [0.15, 0.2) is 0 Å². The van der Waals surface area contributed by atoms with Gasteiger partial charge in [0.1, 0.15) is 6.54 Å². The zero-order valence-corrected chi connectivity index (χ0v) is 13.8. The van der Waals surface area contributed by atoms with Gasteiger partial charge in [0.25, 0.3) is 11.8 Å². The Balaban J connectivity index is 1.48. The molecule has 0 fully saturated rings. The van der Waals surface area contributed by atoms with E-state index in [0.29, 0.717) is 16.8 Å². The molecule has 0 bridgehead atoms. The van der Waals surface area contributed by atoms with Crippen LogP contribution in [0.15, 0.2) is 73.1 Å². The summed E-state index contributed by atoms with van der Waals surface area (Å²) in [6, 6.07) is 17.7. The molecule has 0 saturated heterocycles. The average Bonchev–Trinajstić information content (AvgIpc) is 3.26. The highest BCUT2D eigenvalue weighted by Crippen LogP contribution is 2.22. The standard InChI is InChI=1S/C20H15N3O3/c24-18(13-23-19(25)16-8-1-2-9-17(16)20(23)26)21-14-6-5-7-15(12-14)22-10-3-4-11-22/h1-12H,13H2,(H,21,24). The summed E-state index contributed by atoms with van der Waals surface area (Å²) in [5, 5.41) is 2.74. The second kappa shape index (κ2) is 6.33. The summed E-state index contributed by atoms with van der Waals surface area (Å²) in [6.07, 6.45) is 3.81. The number of aromatic nitrogens is 1. The fraction of sp³-hybridized carbons (Fsp3) is 0.0500. The third kappa shape index (κ3) is 2.77. The molecule has 1 N–H and O–H groups in total. The first-order chi connectivity index (χ1) is 12.6. The minimum atomic E-state index is -0.443. The molecule has 0 spiro atoms. The molecule has 1 aliphatic heterocycles. The maximum absolute atomic E-state index is 12.3. The van der Waals surface area contributed by atoms with Crippen LogP contribution in [-0.2, 0) is 4.79 Å². The number of fused-ring (bicyclic) bond motifs is 1. The predicted octanol–water partition coefficient (Wildman–Crippen LogP) is 2.71. The zero-order chi connectivity index (χ0) is 18.1. The van der Waals surface area contributed by atoms with Crippen LogP contribution in [0.25, 0.3) is 5.69 Å². The normalized spacial score (nSPS) is 13.0. The minimum Gasteiger partial charge on any atom is -0.324 e. The summed E-state index contributed by atoms with van der Waals surface area (Å²) in [5.41, 5.74) is 2.16. The fourth-order valence-corrected chi connectivity index (χ4v) is 2.98. The average molecular weight is 345 g/mol. The van der Waals surface area contributed by atoms with Gasteiger partial charge >= 0.3 is 0 Å². The van der Waals surface area contributed by atoms with Crippen molar-refractivity contribution in [2.24, 2.45) is 0 Å². The molecule has 6 nitrogen and oxygen atoms in total. The number of carbonyl (C=O) groups excluding carboxylic acids is 3. The van der Waals surface area contributed by atoms with Crippen molar-refractivity contribution < 1.29 is 14.4 Å². The van der Waals surface area contributed by atoms with E-state index in [1.807, 2.05) is 47.3 Å². The van der Waals surface area contributed by atoms with E-state index < -0.39 is 17.7 Å². The van der Waals surface area contributed by atoms with E-state index in [4.69, 9.17) is 0 Å². The Morgan fingerprint density at radius 1 is 0.846 bits per heavy atom. The topological polar surface area (TPSA) is 71.4 Å². The van der Waals surface area contributed by atoms with Gasteiger partial charge in [-0.3, -0.25) is 19.3 Å². The number of hydrogen-bond donors (Lipinski definition) is 1. The highest BCUT2D eigenvalue weighted by atomic mass is 16.2. The quantitative estimate of drug-likeness (QED) is 0.739. The van der Waals surface area contributed by atoms with Crippen molar-refractivity contribution in [2.75, 3.05) is 11.9 Å². The third-order valence-electron chi connectivity index (χ3n) is 4.21. The van der Waals surface area contributed by atoms with Crippen LogP contribution in [0, 0.1) is 0 Å². The Morgan fingerprint density at radius 3 is 2.15 bits per heavy atom. The van der Waals surface area contributed by atoms with Crippen LogP contribution < -0.4 is 5.32 Å². The lowest BCUT2D eigenvalue weighted by atomic mass is 10.1. The molecule has 6 heteroatoms. The van der Waals surface area contributed by atoms with Crippen LogP contribution in [0.2, 0.25) is 0 Å². The first kappa shape index (κ1) is 15.8. The second-order valence-electron chi connectivity index (χ2n) is 5.93. The summed E-state index contributed by atoms with van der Waals surface area (Å²) in [7, 11) is 0. The number of amides is 3. The molecule has 1 aromatic heterocycles. The van der Waals surface area contributed by atoms with Gasteiger partial charge in [-0.25, -0.2) is 0 Å². The molecule has 2 aromatic carbocycles. The lowest BCUT2D eigenvalue weighted by Gasteiger charge is -2.14. The number of carbonyl (C=O) groups is 3. The molecule has 0 saturated carbocycles. The van der Waals surface area contributed by atoms with E-state index in [2.05, 4.69) is 5.32 Å². The molecule has 3 aromatic rings. The van der Waals surface area contributed by atoms with E-state index in [-0.39, 0.29) is 6.54 Å². The molecular weight excluding hydrogens is 330 g/mol. The molecular formula is C20H15N3O3.